The molecular weight excluding hydrogens is 244 g/mol. The van der Waals surface area contributed by atoms with Crippen LogP contribution in [0.15, 0.2) is 12.3 Å². The van der Waals surface area contributed by atoms with Gasteiger partial charge in [0.2, 0.25) is 5.95 Å². The van der Waals surface area contributed by atoms with E-state index in [4.69, 9.17) is 5.11 Å². The van der Waals surface area contributed by atoms with Crippen LogP contribution in [0.4, 0.5) is 11.8 Å². The maximum atomic E-state index is 11.0. The van der Waals surface area contributed by atoms with Crippen LogP contribution in [-0.2, 0) is 4.79 Å². The van der Waals surface area contributed by atoms with Gasteiger partial charge in [-0.1, -0.05) is 0 Å². The summed E-state index contributed by atoms with van der Waals surface area (Å²) < 4.78 is 0. The summed E-state index contributed by atoms with van der Waals surface area (Å²) in [6.45, 7) is 3.59. The second-order valence-electron chi connectivity index (χ2n) is 4.89. The maximum Gasteiger partial charge on any atom is 0.326 e. The van der Waals surface area contributed by atoms with Crippen LogP contribution in [0.5, 0.6) is 0 Å². The summed E-state index contributed by atoms with van der Waals surface area (Å²) in [5, 5.41) is 9.04. The zero-order valence-electron chi connectivity index (χ0n) is 11.4. The summed E-state index contributed by atoms with van der Waals surface area (Å²) in [7, 11) is 1.74. The Morgan fingerprint density at radius 2 is 2.11 bits per heavy atom. The van der Waals surface area contributed by atoms with E-state index in [0.29, 0.717) is 11.8 Å². The van der Waals surface area contributed by atoms with Gasteiger partial charge >= 0.3 is 5.97 Å². The molecule has 19 heavy (non-hydrogen) atoms. The molecule has 0 aliphatic carbocycles. The summed E-state index contributed by atoms with van der Waals surface area (Å²) in [5.41, 5.74) is 0. The van der Waals surface area contributed by atoms with Crippen LogP contribution in [0.25, 0.3) is 0 Å². The van der Waals surface area contributed by atoms with Crippen molar-refractivity contribution in [2.24, 2.45) is 0 Å². The Bertz CT molecular complexity index is 446. The largest absolute Gasteiger partial charge is 0.480 e. The van der Waals surface area contributed by atoms with Crippen LogP contribution in [0, 0.1) is 0 Å². The molecule has 0 spiro atoms. The molecule has 1 atom stereocenters. The predicted molar refractivity (Wildman–Crippen MR) is 73.6 cm³/mol. The van der Waals surface area contributed by atoms with Gasteiger partial charge in [-0.05, 0) is 32.3 Å². The van der Waals surface area contributed by atoms with Crippen LogP contribution in [0.2, 0.25) is 0 Å². The molecule has 6 heteroatoms. The minimum atomic E-state index is -0.861. The highest BCUT2D eigenvalue weighted by Crippen LogP contribution is 2.19. The van der Waals surface area contributed by atoms with Crippen LogP contribution < -0.4 is 9.80 Å². The van der Waals surface area contributed by atoms with E-state index in [0.717, 1.165) is 25.9 Å². The van der Waals surface area contributed by atoms with Gasteiger partial charge in [0.05, 0.1) is 0 Å². The van der Waals surface area contributed by atoms with E-state index in [1.54, 1.807) is 31.1 Å². The Balaban J connectivity index is 2.16. The van der Waals surface area contributed by atoms with E-state index in [1.807, 2.05) is 0 Å². The van der Waals surface area contributed by atoms with Crippen LogP contribution in [0.3, 0.4) is 0 Å². The molecule has 0 radical (unpaired) electrons. The molecule has 2 rings (SSSR count). The number of carbonyl (C=O) groups is 1. The van der Waals surface area contributed by atoms with Gasteiger partial charge in [-0.2, -0.15) is 4.98 Å². The smallest absolute Gasteiger partial charge is 0.326 e. The highest BCUT2D eigenvalue weighted by atomic mass is 16.4. The Morgan fingerprint density at radius 3 is 2.74 bits per heavy atom. The van der Waals surface area contributed by atoms with Crippen LogP contribution >= 0.6 is 0 Å². The fourth-order valence-corrected chi connectivity index (χ4v) is 2.15. The zero-order valence-corrected chi connectivity index (χ0v) is 11.4. The first kappa shape index (κ1) is 13.6. The average Bonchev–Trinajstić information content (AvgIpc) is 2.46. The second-order valence-corrected chi connectivity index (χ2v) is 4.89. The number of anilines is 2. The van der Waals surface area contributed by atoms with Gasteiger partial charge in [-0.15, -0.1) is 0 Å². The summed E-state index contributed by atoms with van der Waals surface area (Å²) >= 11 is 0. The SMILES string of the molecule is CC(C(=O)O)N(C)c1ccnc(N2CCCCC2)n1. The lowest BCUT2D eigenvalue weighted by molar-refractivity contribution is -0.138. The third-order valence-corrected chi connectivity index (χ3v) is 3.57. The van der Waals surface area contributed by atoms with Crippen molar-refractivity contribution in [3.05, 3.63) is 12.3 Å². The van der Waals surface area contributed by atoms with E-state index in [9.17, 15) is 4.79 Å². The normalized spacial score (nSPS) is 17.1. The Morgan fingerprint density at radius 1 is 1.42 bits per heavy atom. The summed E-state index contributed by atoms with van der Waals surface area (Å²) in [6.07, 6.45) is 5.27. The lowest BCUT2D eigenvalue weighted by atomic mass is 10.1. The number of carboxylic acids is 1. The number of piperidine rings is 1. The molecule has 0 amide bonds. The third kappa shape index (κ3) is 3.13. The minimum absolute atomic E-state index is 0.607. The summed E-state index contributed by atoms with van der Waals surface area (Å²) in [6, 6.07) is 1.14. The van der Waals surface area contributed by atoms with Gasteiger partial charge in [-0.3, -0.25) is 0 Å². The molecule has 2 heterocycles. The molecule has 1 saturated heterocycles. The van der Waals surface area contributed by atoms with Crippen molar-refractivity contribution in [3.63, 3.8) is 0 Å². The van der Waals surface area contributed by atoms with E-state index in [2.05, 4.69) is 14.9 Å². The molecule has 104 valence electrons. The number of nitrogens with zero attached hydrogens (tertiary/aromatic N) is 4. The van der Waals surface area contributed by atoms with Crippen LogP contribution in [-0.4, -0.2) is 47.2 Å². The lowest BCUT2D eigenvalue weighted by Crippen LogP contribution is -2.37. The standard InChI is InChI=1S/C13H20N4O2/c1-10(12(18)19)16(2)11-6-7-14-13(15-11)17-8-4-3-5-9-17/h6-7,10H,3-5,8-9H2,1-2H3,(H,18,19). The molecule has 0 saturated carbocycles. The molecule has 1 unspecified atom stereocenters. The van der Waals surface area contributed by atoms with Crippen molar-refractivity contribution < 1.29 is 9.90 Å². The first-order chi connectivity index (χ1) is 9.09. The van der Waals surface area contributed by atoms with Crippen molar-refractivity contribution in [2.75, 3.05) is 29.9 Å². The number of hydrogen-bond donors (Lipinski definition) is 1. The first-order valence-corrected chi connectivity index (χ1v) is 6.63. The fourth-order valence-electron chi connectivity index (χ4n) is 2.15. The minimum Gasteiger partial charge on any atom is -0.480 e. The Labute approximate surface area is 113 Å². The quantitative estimate of drug-likeness (QED) is 0.886. The molecule has 1 aliphatic heterocycles. The van der Waals surface area contributed by atoms with Crippen molar-refractivity contribution in [2.45, 2.75) is 32.2 Å². The first-order valence-electron chi connectivity index (χ1n) is 6.63. The van der Waals surface area contributed by atoms with Gasteiger partial charge in [0, 0.05) is 26.3 Å². The zero-order chi connectivity index (χ0) is 13.8. The van der Waals surface area contributed by atoms with Gasteiger partial charge in [0.1, 0.15) is 11.9 Å². The third-order valence-electron chi connectivity index (χ3n) is 3.57. The van der Waals surface area contributed by atoms with E-state index in [1.165, 1.54) is 6.42 Å². The van der Waals surface area contributed by atoms with Crippen LogP contribution in [0.1, 0.15) is 26.2 Å². The van der Waals surface area contributed by atoms with Crippen molar-refractivity contribution in [1.29, 1.82) is 0 Å². The molecular formula is C13H20N4O2. The molecule has 1 aromatic rings. The predicted octanol–water partition coefficient (Wildman–Crippen LogP) is 1.38. The molecule has 1 fully saturated rings. The Hall–Kier alpha value is -1.85. The number of likely N-dealkylation sites (N-methyl/N-ethyl adjacent to an activating group) is 1. The van der Waals surface area contributed by atoms with Gasteiger partial charge in [0.15, 0.2) is 0 Å². The molecule has 1 N–H and O–H groups in total. The number of carboxylic acid groups (broad SMARTS) is 1. The second kappa shape index (κ2) is 5.86. The number of aliphatic carboxylic acids is 1. The Kier molecular flexibility index (Phi) is 4.19. The average molecular weight is 264 g/mol. The highest BCUT2D eigenvalue weighted by Gasteiger charge is 2.20. The summed E-state index contributed by atoms with van der Waals surface area (Å²) in [5.74, 6) is 0.479. The topological polar surface area (TPSA) is 69.6 Å². The van der Waals surface area contributed by atoms with Gasteiger partial charge in [-0.25, -0.2) is 9.78 Å². The monoisotopic (exact) mass is 264 g/mol. The van der Waals surface area contributed by atoms with Crippen molar-refractivity contribution in [1.82, 2.24) is 9.97 Å². The van der Waals surface area contributed by atoms with Crippen molar-refractivity contribution >= 4 is 17.7 Å². The molecule has 1 aromatic heterocycles. The van der Waals surface area contributed by atoms with E-state index in [-0.39, 0.29) is 0 Å². The maximum absolute atomic E-state index is 11.0. The molecule has 6 nitrogen and oxygen atoms in total. The molecule has 0 aromatic carbocycles. The van der Waals surface area contributed by atoms with E-state index < -0.39 is 12.0 Å². The molecule has 0 bridgehead atoms. The van der Waals surface area contributed by atoms with Crippen molar-refractivity contribution in [3.8, 4) is 0 Å². The number of hydrogen-bond acceptors (Lipinski definition) is 5. The van der Waals surface area contributed by atoms with Gasteiger partial charge in [0.25, 0.3) is 0 Å². The molecule has 1 aliphatic rings. The fraction of sp³-hybridized carbons (Fsp3) is 0.615. The number of aromatic nitrogens is 2. The van der Waals surface area contributed by atoms with E-state index >= 15 is 0 Å². The number of rotatable bonds is 4. The summed E-state index contributed by atoms with van der Waals surface area (Å²) in [4.78, 5) is 23.6. The van der Waals surface area contributed by atoms with Gasteiger partial charge < -0.3 is 14.9 Å². The highest BCUT2D eigenvalue weighted by molar-refractivity contribution is 5.77. The lowest BCUT2D eigenvalue weighted by Gasteiger charge is -2.28.